The molecule has 0 spiro atoms. The number of carbonyl (C=O) groups is 1. The van der Waals surface area contributed by atoms with Gasteiger partial charge in [-0.3, -0.25) is 4.79 Å². The first-order valence-electron chi connectivity index (χ1n) is 8.47. The van der Waals surface area contributed by atoms with Gasteiger partial charge in [-0.1, -0.05) is 11.6 Å². The topological polar surface area (TPSA) is 65.6 Å². The zero-order valence-corrected chi connectivity index (χ0v) is 16.0. The molecular weight excluding hydrogens is 366 g/mol. The van der Waals surface area contributed by atoms with Crippen LogP contribution in [-0.2, 0) is 16.9 Å². The van der Waals surface area contributed by atoms with Gasteiger partial charge in [0.25, 0.3) is 5.54 Å². The van der Waals surface area contributed by atoms with Crippen LogP contribution < -0.4 is 10.2 Å². The van der Waals surface area contributed by atoms with E-state index in [1.807, 2.05) is 6.92 Å². The Balaban J connectivity index is 2.56. The quantitative estimate of drug-likeness (QED) is 0.380. The number of pyridine rings is 2. The lowest BCUT2D eigenvalue weighted by atomic mass is 10.0. The highest BCUT2D eigenvalue weighted by Crippen LogP contribution is 2.34. The number of rotatable bonds is 5. The van der Waals surface area contributed by atoms with Crippen LogP contribution in [-0.4, -0.2) is 22.4 Å². The number of carbonyl (C=O) groups excluding carboxylic acids is 1. The Morgan fingerprint density at radius 2 is 2.00 bits per heavy atom. The van der Waals surface area contributed by atoms with E-state index >= 15 is 0 Å². The molecule has 0 aliphatic heterocycles. The van der Waals surface area contributed by atoms with Crippen molar-refractivity contribution in [3.8, 4) is 5.75 Å². The molecule has 0 saturated carbocycles. The maximum Gasteiger partial charge on any atom is 0.268 e. The van der Waals surface area contributed by atoms with E-state index in [-0.39, 0.29) is 12.0 Å². The van der Waals surface area contributed by atoms with Gasteiger partial charge in [-0.15, -0.1) is 0 Å². The molecule has 1 aromatic carbocycles. The SMILES string of the molecule is [C-]#[N+]C(C)(C)c1ccc2c(=O)c3ccc(Cl)c(OCC)c3n(CC=O)c2n1. The second-order valence-electron chi connectivity index (χ2n) is 6.55. The number of fused-ring (bicyclic) bond motifs is 2. The summed E-state index contributed by atoms with van der Waals surface area (Å²) in [5.41, 5.74) is 0.196. The van der Waals surface area contributed by atoms with Crippen LogP contribution in [0.15, 0.2) is 29.1 Å². The minimum absolute atomic E-state index is 0.0252. The normalized spacial score (nSPS) is 11.5. The molecule has 2 aromatic heterocycles. The maximum absolute atomic E-state index is 13.0. The van der Waals surface area contributed by atoms with Crippen LogP contribution in [0.3, 0.4) is 0 Å². The summed E-state index contributed by atoms with van der Waals surface area (Å²) < 4.78 is 7.30. The molecule has 27 heavy (non-hydrogen) atoms. The molecule has 0 fully saturated rings. The van der Waals surface area contributed by atoms with Gasteiger partial charge in [0.2, 0.25) is 0 Å². The fraction of sp³-hybridized carbons (Fsp3) is 0.300. The van der Waals surface area contributed by atoms with Gasteiger partial charge in [0.15, 0.2) is 11.2 Å². The summed E-state index contributed by atoms with van der Waals surface area (Å²) in [6, 6.07) is 6.57. The Hall–Kier alpha value is -2.91. The third kappa shape index (κ3) is 3.04. The number of aldehydes is 1. The average molecular weight is 384 g/mol. The van der Waals surface area contributed by atoms with Crippen LogP contribution in [0.1, 0.15) is 26.5 Å². The number of nitrogens with zero attached hydrogens (tertiary/aromatic N) is 3. The predicted molar refractivity (Wildman–Crippen MR) is 105 cm³/mol. The van der Waals surface area contributed by atoms with E-state index in [4.69, 9.17) is 22.9 Å². The van der Waals surface area contributed by atoms with Crippen molar-refractivity contribution >= 4 is 39.8 Å². The van der Waals surface area contributed by atoms with E-state index < -0.39 is 5.54 Å². The van der Waals surface area contributed by atoms with E-state index in [0.29, 0.717) is 45.0 Å². The zero-order chi connectivity index (χ0) is 19.8. The second kappa shape index (κ2) is 7.01. The molecule has 6 nitrogen and oxygen atoms in total. The number of ether oxygens (including phenoxy) is 1. The first kappa shape index (κ1) is 18.9. The number of hydrogen-bond donors (Lipinski definition) is 0. The average Bonchev–Trinajstić information content (AvgIpc) is 2.66. The summed E-state index contributed by atoms with van der Waals surface area (Å²) in [7, 11) is 0. The van der Waals surface area contributed by atoms with Crippen LogP contribution in [0.2, 0.25) is 5.02 Å². The second-order valence-corrected chi connectivity index (χ2v) is 6.96. The van der Waals surface area contributed by atoms with Crippen molar-refractivity contribution in [1.82, 2.24) is 9.55 Å². The molecular formula is C20H18ClN3O3. The van der Waals surface area contributed by atoms with Crippen LogP contribution in [0.25, 0.3) is 26.8 Å². The molecule has 0 atom stereocenters. The summed E-state index contributed by atoms with van der Waals surface area (Å²) in [5.74, 6) is 0.342. The smallest absolute Gasteiger partial charge is 0.268 e. The van der Waals surface area contributed by atoms with Crippen molar-refractivity contribution in [2.45, 2.75) is 32.9 Å². The first-order valence-corrected chi connectivity index (χ1v) is 8.84. The first-order chi connectivity index (χ1) is 12.9. The third-order valence-corrected chi connectivity index (χ3v) is 4.72. The standard InChI is InChI=1S/C20H18ClN3O3/c1-5-27-18-14(21)8-6-12-16(18)24(10-11-25)19-13(17(12)26)7-9-15(23-19)20(2,3)22-4/h6-9,11H,5,10H2,1-3H3. The Morgan fingerprint density at radius 3 is 2.63 bits per heavy atom. The lowest BCUT2D eigenvalue weighted by molar-refractivity contribution is -0.108. The molecule has 3 aromatic rings. The highest BCUT2D eigenvalue weighted by molar-refractivity contribution is 6.33. The van der Waals surface area contributed by atoms with Gasteiger partial charge in [-0.05, 0) is 31.2 Å². The van der Waals surface area contributed by atoms with E-state index in [1.165, 1.54) is 0 Å². The molecule has 2 heterocycles. The van der Waals surface area contributed by atoms with Crippen LogP contribution >= 0.6 is 11.6 Å². The fourth-order valence-electron chi connectivity index (χ4n) is 3.01. The Labute approximate surface area is 161 Å². The van der Waals surface area contributed by atoms with E-state index in [2.05, 4.69) is 9.83 Å². The Bertz CT molecular complexity index is 1160. The van der Waals surface area contributed by atoms with Crippen LogP contribution in [0, 0.1) is 6.57 Å². The molecule has 0 N–H and O–H groups in total. The fourth-order valence-corrected chi connectivity index (χ4v) is 3.22. The van der Waals surface area contributed by atoms with Crippen LogP contribution in [0.4, 0.5) is 0 Å². The molecule has 0 unspecified atom stereocenters. The number of halogens is 1. The minimum Gasteiger partial charge on any atom is -0.490 e. The number of benzene rings is 1. The maximum atomic E-state index is 13.0. The molecule has 0 radical (unpaired) electrons. The number of hydrogen-bond acceptors (Lipinski definition) is 4. The van der Waals surface area contributed by atoms with E-state index in [9.17, 15) is 9.59 Å². The van der Waals surface area contributed by atoms with Gasteiger partial charge < -0.3 is 18.9 Å². The molecule has 138 valence electrons. The molecule has 7 heteroatoms. The largest absolute Gasteiger partial charge is 0.490 e. The van der Waals surface area contributed by atoms with Crippen molar-refractivity contribution in [2.75, 3.05) is 6.61 Å². The summed E-state index contributed by atoms with van der Waals surface area (Å²) >= 11 is 6.30. The summed E-state index contributed by atoms with van der Waals surface area (Å²) in [5, 5.41) is 1.12. The van der Waals surface area contributed by atoms with Gasteiger partial charge in [-0.25, -0.2) is 11.6 Å². The molecule has 0 amide bonds. The lowest BCUT2D eigenvalue weighted by Gasteiger charge is -2.18. The van der Waals surface area contributed by atoms with Crippen molar-refractivity contribution < 1.29 is 9.53 Å². The van der Waals surface area contributed by atoms with Crippen molar-refractivity contribution in [3.05, 3.63) is 56.6 Å². The van der Waals surface area contributed by atoms with E-state index in [1.54, 1.807) is 42.7 Å². The van der Waals surface area contributed by atoms with Gasteiger partial charge in [0.1, 0.15) is 17.6 Å². The molecule has 0 bridgehead atoms. The summed E-state index contributed by atoms with van der Waals surface area (Å²) in [6.45, 7) is 13.0. The monoisotopic (exact) mass is 383 g/mol. The highest BCUT2D eigenvalue weighted by Gasteiger charge is 2.29. The molecule has 0 saturated heterocycles. The van der Waals surface area contributed by atoms with Gasteiger partial charge in [0.05, 0.1) is 34.5 Å². The minimum atomic E-state index is -0.859. The molecule has 0 aliphatic rings. The van der Waals surface area contributed by atoms with Gasteiger partial charge >= 0.3 is 0 Å². The van der Waals surface area contributed by atoms with Gasteiger partial charge in [-0.2, -0.15) is 0 Å². The van der Waals surface area contributed by atoms with Crippen molar-refractivity contribution in [1.29, 1.82) is 0 Å². The summed E-state index contributed by atoms with van der Waals surface area (Å²) in [4.78, 5) is 32.6. The third-order valence-electron chi connectivity index (χ3n) is 4.43. The molecule has 3 rings (SSSR count). The number of aromatic nitrogens is 2. The summed E-state index contributed by atoms with van der Waals surface area (Å²) in [6.07, 6.45) is 0.731. The van der Waals surface area contributed by atoms with Crippen molar-refractivity contribution in [2.24, 2.45) is 0 Å². The Morgan fingerprint density at radius 1 is 1.30 bits per heavy atom. The van der Waals surface area contributed by atoms with Crippen LogP contribution in [0.5, 0.6) is 5.75 Å². The predicted octanol–water partition coefficient (Wildman–Crippen LogP) is 3.96. The lowest BCUT2D eigenvalue weighted by Crippen LogP contribution is -2.18. The Kier molecular flexibility index (Phi) is 4.90. The van der Waals surface area contributed by atoms with E-state index in [0.717, 1.165) is 6.29 Å². The highest BCUT2D eigenvalue weighted by atomic mass is 35.5. The zero-order valence-electron chi connectivity index (χ0n) is 15.2. The van der Waals surface area contributed by atoms with Crippen molar-refractivity contribution in [3.63, 3.8) is 0 Å². The molecule has 0 aliphatic carbocycles. The van der Waals surface area contributed by atoms with Gasteiger partial charge in [0, 0.05) is 13.8 Å².